The van der Waals surface area contributed by atoms with E-state index in [1.165, 1.54) is 7.11 Å². The van der Waals surface area contributed by atoms with Crippen molar-refractivity contribution in [1.29, 1.82) is 0 Å². The van der Waals surface area contributed by atoms with E-state index in [2.05, 4.69) is 30.6 Å². The molecule has 1 aliphatic rings. The molecular formula is C14H28N2O3. The van der Waals surface area contributed by atoms with Gasteiger partial charge in [0.1, 0.15) is 0 Å². The van der Waals surface area contributed by atoms with Crippen LogP contribution in [0.3, 0.4) is 0 Å². The molecule has 0 aromatic heterocycles. The second kappa shape index (κ2) is 8.51. The lowest BCUT2D eigenvalue weighted by Gasteiger charge is -2.37. The summed E-state index contributed by atoms with van der Waals surface area (Å²) >= 11 is 0. The second-order valence-corrected chi connectivity index (χ2v) is 5.39. The Bertz CT molecular complexity index is 271. The van der Waals surface area contributed by atoms with Crippen LogP contribution in [-0.2, 0) is 14.3 Å². The van der Waals surface area contributed by atoms with Crippen LogP contribution in [0.15, 0.2) is 0 Å². The smallest absolute Gasteiger partial charge is 0.319 e. The molecule has 5 nitrogen and oxygen atoms in total. The number of carbonyl (C=O) groups excluding carboxylic acids is 1. The monoisotopic (exact) mass is 272 g/mol. The fourth-order valence-corrected chi connectivity index (χ4v) is 2.41. The van der Waals surface area contributed by atoms with E-state index in [-0.39, 0.29) is 12.1 Å². The first-order valence-electron chi connectivity index (χ1n) is 7.21. The second-order valence-electron chi connectivity index (χ2n) is 5.39. The maximum atomic E-state index is 11.4. The molecular weight excluding hydrogens is 244 g/mol. The van der Waals surface area contributed by atoms with Gasteiger partial charge in [0, 0.05) is 25.7 Å². The van der Waals surface area contributed by atoms with Gasteiger partial charge < -0.3 is 9.47 Å². The van der Waals surface area contributed by atoms with E-state index in [1.54, 1.807) is 0 Å². The molecule has 0 N–H and O–H groups in total. The molecule has 1 fully saturated rings. The number of hydrogen-bond donors (Lipinski definition) is 0. The van der Waals surface area contributed by atoms with Crippen molar-refractivity contribution in [2.45, 2.75) is 39.3 Å². The molecule has 1 atom stereocenters. The Kier molecular flexibility index (Phi) is 7.34. The van der Waals surface area contributed by atoms with E-state index < -0.39 is 0 Å². The lowest BCUT2D eigenvalue weighted by Crippen LogP contribution is -2.50. The lowest BCUT2D eigenvalue weighted by molar-refractivity contribution is -0.142. The highest BCUT2D eigenvalue weighted by Crippen LogP contribution is 2.10. The van der Waals surface area contributed by atoms with Crippen molar-refractivity contribution >= 4 is 5.97 Å². The third-order valence-electron chi connectivity index (χ3n) is 3.48. The van der Waals surface area contributed by atoms with Crippen LogP contribution in [0.1, 0.15) is 27.2 Å². The van der Waals surface area contributed by atoms with Crippen molar-refractivity contribution in [3.8, 4) is 0 Å². The summed E-state index contributed by atoms with van der Waals surface area (Å²) in [5.74, 6) is -0.176. The van der Waals surface area contributed by atoms with Crippen LogP contribution in [-0.4, -0.2) is 74.4 Å². The van der Waals surface area contributed by atoms with Crippen LogP contribution in [0.25, 0.3) is 0 Å². The minimum Gasteiger partial charge on any atom is -0.468 e. The van der Waals surface area contributed by atoms with Crippen molar-refractivity contribution in [2.75, 3.05) is 46.4 Å². The standard InChI is InChI=1S/C14H28N2O3/c1-5-6-15(11-14(17)18-4)9-13-10-16(12(2)3)7-8-19-13/h12-13H,5-11H2,1-4H3. The number of rotatable bonds is 7. The SMILES string of the molecule is CCCN(CC(=O)OC)CC1CN(C(C)C)CCO1. The Labute approximate surface area is 116 Å². The number of carbonyl (C=O) groups is 1. The summed E-state index contributed by atoms with van der Waals surface area (Å²) < 4.78 is 10.6. The van der Waals surface area contributed by atoms with Gasteiger partial charge in [-0.1, -0.05) is 6.92 Å². The molecule has 5 heteroatoms. The highest BCUT2D eigenvalue weighted by atomic mass is 16.5. The summed E-state index contributed by atoms with van der Waals surface area (Å²) in [6.45, 7) is 11.3. The molecule has 0 aliphatic carbocycles. The zero-order valence-electron chi connectivity index (χ0n) is 12.7. The zero-order chi connectivity index (χ0) is 14.3. The number of hydrogen-bond acceptors (Lipinski definition) is 5. The van der Waals surface area contributed by atoms with Crippen molar-refractivity contribution in [3.63, 3.8) is 0 Å². The molecule has 0 bridgehead atoms. The summed E-state index contributed by atoms with van der Waals surface area (Å²) in [4.78, 5) is 15.9. The topological polar surface area (TPSA) is 42.0 Å². The van der Waals surface area contributed by atoms with Crippen molar-refractivity contribution in [1.82, 2.24) is 9.80 Å². The summed E-state index contributed by atoms with van der Waals surface area (Å²) in [6, 6.07) is 0.548. The summed E-state index contributed by atoms with van der Waals surface area (Å²) in [6.07, 6.45) is 1.21. The van der Waals surface area contributed by atoms with Crippen molar-refractivity contribution in [3.05, 3.63) is 0 Å². The van der Waals surface area contributed by atoms with E-state index in [0.717, 1.165) is 39.2 Å². The predicted molar refractivity (Wildman–Crippen MR) is 75.2 cm³/mol. The number of ether oxygens (including phenoxy) is 2. The van der Waals surface area contributed by atoms with E-state index in [9.17, 15) is 4.79 Å². The van der Waals surface area contributed by atoms with Gasteiger partial charge in [0.25, 0.3) is 0 Å². The molecule has 1 rings (SSSR count). The van der Waals surface area contributed by atoms with E-state index in [4.69, 9.17) is 9.47 Å². The summed E-state index contributed by atoms with van der Waals surface area (Å²) in [7, 11) is 1.43. The van der Waals surface area contributed by atoms with E-state index in [1.807, 2.05) is 0 Å². The third-order valence-corrected chi connectivity index (χ3v) is 3.48. The molecule has 0 aromatic carbocycles. The van der Waals surface area contributed by atoms with Gasteiger partial charge in [-0.05, 0) is 26.8 Å². The Morgan fingerprint density at radius 3 is 2.84 bits per heavy atom. The van der Waals surface area contributed by atoms with Crippen LogP contribution < -0.4 is 0 Å². The fourth-order valence-electron chi connectivity index (χ4n) is 2.41. The van der Waals surface area contributed by atoms with Crippen LogP contribution >= 0.6 is 0 Å². The van der Waals surface area contributed by atoms with Crippen LogP contribution in [0.2, 0.25) is 0 Å². The Morgan fingerprint density at radius 2 is 2.26 bits per heavy atom. The molecule has 0 amide bonds. The molecule has 0 spiro atoms. The maximum absolute atomic E-state index is 11.4. The van der Waals surface area contributed by atoms with Crippen molar-refractivity contribution in [2.24, 2.45) is 0 Å². The van der Waals surface area contributed by atoms with Gasteiger partial charge in [-0.25, -0.2) is 0 Å². The Balaban J connectivity index is 2.46. The van der Waals surface area contributed by atoms with Gasteiger partial charge in [-0.3, -0.25) is 14.6 Å². The highest BCUT2D eigenvalue weighted by Gasteiger charge is 2.24. The number of nitrogens with zero attached hydrogens (tertiary/aromatic N) is 2. The Morgan fingerprint density at radius 1 is 1.53 bits per heavy atom. The van der Waals surface area contributed by atoms with Gasteiger partial charge in [0.05, 0.1) is 26.4 Å². The molecule has 0 aromatic rings. The van der Waals surface area contributed by atoms with Crippen LogP contribution in [0.5, 0.6) is 0 Å². The van der Waals surface area contributed by atoms with Gasteiger partial charge in [-0.15, -0.1) is 0 Å². The first-order valence-corrected chi connectivity index (χ1v) is 7.21. The number of morpholine rings is 1. The molecule has 0 saturated carbocycles. The predicted octanol–water partition coefficient (Wildman–Crippen LogP) is 0.981. The van der Waals surface area contributed by atoms with Crippen LogP contribution in [0.4, 0.5) is 0 Å². The first-order chi connectivity index (χ1) is 9.06. The minimum absolute atomic E-state index is 0.176. The Hall–Kier alpha value is -0.650. The maximum Gasteiger partial charge on any atom is 0.319 e. The molecule has 1 aliphatic heterocycles. The average molecular weight is 272 g/mol. The minimum atomic E-state index is -0.176. The number of methoxy groups -OCH3 is 1. The largest absolute Gasteiger partial charge is 0.468 e. The van der Waals surface area contributed by atoms with Gasteiger partial charge in [0.2, 0.25) is 0 Å². The molecule has 0 radical (unpaired) electrons. The third kappa shape index (κ3) is 5.89. The van der Waals surface area contributed by atoms with E-state index in [0.29, 0.717) is 12.6 Å². The first kappa shape index (κ1) is 16.4. The van der Waals surface area contributed by atoms with E-state index >= 15 is 0 Å². The van der Waals surface area contributed by atoms with Crippen molar-refractivity contribution < 1.29 is 14.3 Å². The van der Waals surface area contributed by atoms with Gasteiger partial charge in [0.15, 0.2) is 0 Å². The molecule has 112 valence electrons. The zero-order valence-corrected chi connectivity index (χ0v) is 12.7. The molecule has 1 unspecified atom stereocenters. The fraction of sp³-hybridized carbons (Fsp3) is 0.929. The lowest BCUT2D eigenvalue weighted by atomic mass is 10.2. The van der Waals surface area contributed by atoms with Crippen LogP contribution in [0, 0.1) is 0 Å². The normalized spacial score (nSPS) is 21.1. The quantitative estimate of drug-likeness (QED) is 0.646. The number of esters is 1. The summed E-state index contributed by atoms with van der Waals surface area (Å²) in [5, 5.41) is 0. The van der Waals surface area contributed by atoms with Gasteiger partial charge in [-0.2, -0.15) is 0 Å². The average Bonchev–Trinajstić information content (AvgIpc) is 2.39. The van der Waals surface area contributed by atoms with Gasteiger partial charge >= 0.3 is 5.97 Å². The molecule has 1 saturated heterocycles. The highest BCUT2D eigenvalue weighted by molar-refractivity contribution is 5.71. The molecule has 19 heavy (non-hydrogen) atoms. The summed E-state index contributed by atoms with van der Waals surface area (Å²) in [5.41, 5.74) is 0. The molecule has 1 heterocycles.